The number of nitrogens with one attached hydrogen (secondary N) is 3. The zero-order chi connectivity index (χ0) is 28.3. The highest BCUT2D eigenvalue weighted by Gasteiger charge is 2.28. The van der Waals surface area contributed by atoms with Gasteiger partial charge in [0.25, 0.3) is 0 Å². The van der Waals surface area contributed by atoms with E-state index >= 15 is 0 Å². The van der Waals surface area contributed by atoms with E-state index in [1.807, 2.05) is 30.3 Å². The van der Waals surface area contributed by atoms with Gasteiger partial charge < -0.3 is 44.6 Å². The summed E-state index contributed by atoms with van der Waals surface area (Å²) >= 11 is 0. The number of nitrogens with zero attached hydrogens (tertiary/aromatic N) is 1. The zero-order valence-corrected chi connectivity index (χ0v) is 21.9. The van der Waals surface area contributed by atoms with Crippen LogP contribution in [0, 0.1) is 0 Å². The van der Waals surface area contributed by atoms with Gasteiger partial charge in [0, 0.05) is 6.54 Å². The largest absolute Gasteiger partial charge is 0.370 e. The number of amides is 4. The molecule has 0 fully saturated rings. The molecule has 0 spiro atoms. The van der Waals surface area contributed by atoms with E-state index in [-0.39, 0.29) is 37.7 Å². The number of hydrogen-bond acceptors (Lipinski definition) is 7. The summed E-state index contributed by atoms with van der Waals surface area (Å²) < 4.78 is 0. The van der Waals surface area contributed by atoms with Gasteiger partial charge in [-0.3, -0.25) is 24.2 Å². The summed E-state index contributed by atoms with van der Waals surface area (Å²) in [4.78, 5) is 54.6. The molecule has 0 aliphatic heterocycles. The van der Waals surface area contributed by atoms with Crippen LogP contribution in [0.15, 0.2) is 35.3 Å². The fraction of sp³-hybridized carbons (Fsp3) is 0.560. The molecule has 1 rings (SSSR count). The molecular formula is C25H43N9O4. The fourth-order valence-electron chi connectivity index (χ4n) is 3.71. The van der Waals surface area contributed by atoms with Crippen molar-refractivity contribution >= 4 is 29.6 Å². The Morgan fingerprint density at radius 3 is 1.84 bits per heavy atom. The third kappa shape index (κ3) is 13.6. The van der Waals surface area contributed by atoms with Gasteiger partial charge in [-0.2, -0.15) is 0 Å². The number of carbonyl (C=O) groups excluding carboxylic acids is 4. The summed E-state index contributed by atoms with van der Waals surface area (Å²) in [7, 11) is 0. The standard InChI is InChI=1S/C25H43N9O4/c26-13-5-4-10-19(32-21(35)16-17-8-2-1-3-9-17)23(37)34-20(11-6-14-27)24(38)33-18(22(28)36)12-7-15-31-25(29)30/h1-3,8-9,18-20H,4-7,10-16,26-27H2,(H2,28,36)(H,32,35)(H,33,38)(H,34,37)(H4,29,30,31)/t18-,19-,20-/m0/s1. The Hall–Kier alpha value is -3.71. The second-order valence-electron chi connectivity index (χ2n) is 8.97. The molecule has 0 unspecified atom stereocenters. The number of rotatable bonds is 19. The minimum atomic E-state index is -0.978. The van der Waals surface area contributed by atoms with E-state index in [1.165, 1.54) is 0 Å². The molecule has 0 aliphatic carbocycles. The minimum Gasteiger partial charge on any atom is -0.370 e. The summed E-state index contributed by atoms with van der Waals surface area (Å²) in [5.41, 5.74) is 28.1. The highest BCUT2D eigenvalue weighted by molar-refractivity contribution is 5.94. The Morgan fingerprint density at radius 1 is 0.711 bits per heavy atom. The van der Waals surface area contributed by atoms with Crippen LogP contribution in [0.25, 0.3) is 0 Å². The number of benzene rings is 1. The first-order chi connectivity index (χ1) is 18.2. The van der Waals surface area contributed by atoms with Gasteiger partial charge in [-0.05, 0) is 63.6 Å². The van der Waals surface area contributed by atoms with E-state index in [9.17, 15) is 19.2 Å². The van der Waals surface area contributed by atoms with Gasteiger partial charge in [-0.15, -0.1) is 0 Å². The molecular weight excluding hydrogens is 490 g/mol. The number of aliphatic imine (C=N–C) groups is 1. The van der Waals surface area contributed by atoms with Crippen molar-refractivity contribution in [3.05, 3.63) is 35.9 Å². The predicted molar refractivity (Wildman–Crippen MR) is 146 cm³/mol. The first-order valence-electron chi connectivity index (χ1n) is 12.9. The van der Waals surface area contributed by atoms with Crippen LogP contribution in [-0.2, 0) is 25.6 Å². The van der Waals surface area contributed by atoms with Gasteiger partial charge in [-0.25, -0.2) is 0 Å². The Balaban J connectivity index is 2.89. The summed E-state index contributed by atoms with van der Waals surface area (Å²) in [6.07, 6.45) is 3.05. The number of guanidine groups is 1. The predicted octanol–water partition coefficient (Wildman–Crippen LogP) is -1.91. The van der Waals surface area contributed by atoms with Gasteiger partial charge in [0.05, 0.1) is 6.42 Å². The average molecular weight is 534 g/mol. The summed E-state index contributed by atoms with van der Waals surface area (Å²) in [6, 6.07) is 6.34. The van der Waals surface area contributed by atoms with E-state index in [2.05, 4.69) is 20.9 Å². The summed E-state index contributed by atoms with van der Waals surface area (Å²) in [5.74, 6) is -2.20. The van der Waals surface area contributed by atoms with E-state index in [0.29, 0.717) is 45.2 Å². The molecule has 212 valence electrons. The maximum Gasteiger partial charge on any atom is 0.243 e. The molecule has 0 saturated heterocycles. The Labute approximate surface area is 223 Å². The van der Waals surface area contributed by atoms with Crippen LogP contribution in [-0.4, -0.2) is 67.3 Å². The van der Waals surface area contributed by atoms with Crippen molar-refractivity contribution in [2.45, 2.75) is 69.5 Å². The Kier molecular flexibility index (Phi) is 15.8. The lowest BCUT2D eigenvalue weighted by atomic mass is 10.0. The molecule has 13 N–H and O–H groups in total. The van der Waals surface area contributed by atoms with Crippen molar-refractivity contribution in [1.82, 2.24) is 16.0 Å². The van der Waals surface area contributed by atoms with Gasteiger partial charge in [0.2, 0.25) is 23.6 Å². The highest BCUT2D eigenvalue weighted by Crippen LogP contribution is 2.07. The third-order valence-corrected chi connectivity index (χ3v) is 5.74. The minimum absolute atomic E-state index is 0.0777. The Morgan fingerprint density at radius 2 is 1.26 bits per heavy atom. The van der Waals surface area contributed by atoms with E-state index in [4.69, 9.17) is 28.7 Å². The monoisotopic (exact) mass is 533 g/mol. The molecule has 0 aliphatic rings. The SMILES string of the molecule is NCCCC[C@H](NC(=O)Cc1ccccc1)C(=O)N[C@@H](CCCN)C(=O)N[C@@H](CCCN=C(N)N)C(N)=O. The highest BCUT2D eigenvalue weighted by atomic mass is 16.2. The van der Waals surface area contributed by atoms with Crippen LogP contribution in [0.5, 0.6) is 0 Å². The molecule has 0 bridgehead atoms. The molecule has 1 aromatic carbocycles. The number of primary amides is 1. The number of nitrogens with two attached hydrogens (primary N) is 5. The fourth-order valence-corrected chi connectivity index (χ4v) is 3.71. The van der Waals surface area contributed by atoms with Crippen molar-refractivity contribution in [2.75, 3.05) is 19.6 Å². The number of unbranched alkanes of at least 4 members (excludes halogenated alkanes) is 1. The van der Waals surface area contributed by atoms with Crippen LogP contribution in [0.2, 0.25) is 0 Å². The average Bonchev–Trinajstić information content (AvgIpc) is 2.87. The van der Waals surface area contributed by atoms with Crippen molar-refractivity contribution in [3.8, 4) is 0 Å². The lowest BCUT2D eigenvalue weighted by Gasteiger charge is -2.25. The van der Waals surface area contributed by atoms with E-state index < -0.39 is 35.8 Å². The molecule has 0 saturated carbocycles. The van der Waals surface area contributed by atoms with Gasteiger partial charge in [0.1, 0.15) is 18.1 Å². The lowest BCUT2D eigenvalue weighted by Crippen LogP contribution is -2.56. The van der Waals surface area contributed by atoms with E-state index in [0.717, 1.165) is 5.56 Å². The molecule has 0 radical (unpaired) electrons. The van der Waals surface area contributed by atoms with Crippen LogP contribution in [0.4, 0.5) is 0 Å². The van der Waals surface area contributed by atoms with Crippen molar-refractivity contribution in [1.29, 1.82) is 0 Å². The van der Waals surface area contributed by atoms with Gasteiger partial charge in [-0.1, -0.05) is 30.3 Å². The summed E-state index contributed by atoms with van der Waals surface area (Å²) in [6.45, 7) is 1.01. The molecule has 4 amide bonds. The molecule has 38 heavy (non-hydrogen) atoms. The Bertz CT molecular complexity index is 907. The van der Waals surface area contributed by atoms with Crippen molar-refractivity contribution in [3.63, 3.8) is 0 Å². The smallest absolute Gasteiger partial charge is 0.243 e. The first kappa shape index (κ1) is 32.3. The normalized spacial score (nSPS) is 13.0. The van der Waals surface area contributed by atoms with Crippen LogP contribution >= 0.6 is 0 Å². The van der Waals surface area contributed by atoms with Crippen molar-refractivity contribution < 1.29 is 19.2 Å². The first-order valence-corrected chi connectivity index (χ1v) is 12.9. The van der Waals surface area contributed by atoms with Crippen LogP contribution in [0.1, 0.15) is 50.5 Å². The molecule has 13 heteroatoms. The molecule has 1 aromatic rings. The van der Waals surface area contributed by atoms with E-state index in [1.54, 1.807) is 0 Å². The lowest BCUT2D eigenvalue weighted by molar-refractivity contribution is -0.133. The number of carbonyl (C=O) groups is 4. The topological polar surface area (TPSA) is 247 Å². The zero-order valence-electron chi connectivity index (χ0n) is 21.9. The maximum atomic E-state index is 13.2. The second-order valence-corrected chi connectivity index (χ2v) is 8.97. The van der Waals surface area contributed by atoms with Gasteiger partial charge in [0.15, 0.2) is 5.96 Å². The van der Waals surface area contributed by atoms with Crippen LogP contribution < -0.4 is 44.6 Å². The number of hydrogen-bond donors (Lipinski definition) is 8. The van der Waals surface area contributed by atoms with Crippen molar-refractivity contribution in [2.24, 2.45) is 33.7 Å². The second kappa shape index (κ2) is 18.5. The maximum absolute atomic E-state index is 13.2. The molecule has 0 heterocycles. The third-order valence-electron chi connectivity index (χ3n) is 5.74. The van der Waals surface area contributed by atoms with Gasteiger partial charge >= 0.3 is 0 Å². The molecule has 3 atom stereocenters. The quantitative estimate of drug-likeness (QED) is 0.0564. The molecule has 13 nitrogen and oxygen atoms in total. The molecule has 0 aromatic heterocycles. The van der Waals surface area contributed by atoms with Crippen LogP contribution in [0.3, 0.4) is 0 Å². The summed E-state index contributed by atoms with van der Waals surface area (Å²) in [5, 5.41) is 8.09.